The third kappa shape index (κ3) is 5.97. The van der Waals surface area contributed by atoms with E-state index in [1.807, 2.05) is 66.7 Å². The molecule has 0 spiro atoms. The Labute approximate surface area is 233 Å². The van der Waals surface area contributed by atoms with Gasteiger partial charge in [0.05, 0.1) is 4.90 Å². The lowest BCUT2D eigenvalue weighted by Crippen LogP contribution is -2.31. The van der Waals surface area contributed by atoms with E-state index >= 15 is 0 Å². The molecule has 2 amide bonds. The predicted octanol–water partition coefficient (Wildman–Crippen LogP) is 5.00. The third-order valence-corrected chi connectivity index (χ3v) is 8.35. The van der Waals surface area contributed by atoms with Crippen LogP contribution in [0.2, 0.25) is 0 Å². The van der Waals surface area contributed by atoms with Gasteiger partial charge in [-0.2, -0.15) is 0 Å². The second kappa shape index (κ2) is 12.0. The molecule has 202 valence electrons. The summed E-state index contributed by atoms with van der Waals surface area (Å²) in [6, 6.07) is 31.5. The van der Waals surface area contributed by atoms with Crippen LogP contribution in [0.4, 0.5) is 0 Å². The maximum Gasteiger partial charge on any atom is 0.263 e. The van der Waals surface area contributed by atoms with E-state index in [1.165, 1.54) is 12.1 Å². The van der Waals surface area contributed by atoms with Crippen molar-refractivity contribution in [2.24, 2.45) is 0 Å². The van der Waals surface area contributed by atoms with Gasteiger partial charge in [-0.3, -0.25) is 9.59 Å². The number of hydrogen-bond donors (Lipinski definition) is 2. The number of sulfone groups is 1. The summed E-state index contributed by atoms with van der Waals surface area (Å²) in [5.74, 6) is -0.121. The fourth-order valence-electron chi connectivity index (χ4n) is 4.42. The number of carbonyl (C=O) groups excluding carboxylic acids is 2. The highest BCUT2D eigenvalue weighted by Crippen LogP contribution is 2.33. The van der Waals surface area contributed by atoms with Gasteiger partial charge in [0.15, 0.2) is 0 Å². The summed E-state index contributed by atoms with van der Waals surface area (Å²) in [7, 11) is -3.81. The van der Waals surface area contributed by atoms with Crippen molar-refractivity contribution >= 4 is 27.7 Å². The first-order valence-corrected chi connectivity index (χ1v) is 14.4. The molecule has 4 aromatic carbocycles. The molecule has 0 saturated heterocycles. The van der Waals surface area contributed by atoms with Crippen molar-refractivity contribution in [1.29, 1.82) is 0 Å². The van der Waals surface area contributed by atoms with Crippen molar-refractivity contribution in [3.63, 3.8) is 0 Å². The smallest absolute Gasteiger partial charge is 0.263 e. The maximum absolute atomic E-state index is 12.6. The molecule has 0 bridgehead atoms. The molecular formula is C32H28N2O5S. The Balaban J connectivity index is 1.10. The van der Waals surface area contributed by atoms with Gasteiger partial charge < -0.3 is 15.4 Å². The summed E-state index contributed by atoms with van der Waals surface area (Å²) in [5.41, 5.74) is 3.96. The summed E-state index contributed by atoms with van der Waals surface area (Å²) in [6.07, 6.45) is 1.83. The highest BCUT2D eigenvalue weighted by atomic mass is 32.2. The van der Waals surface area contributed by atoms with Crippen molar-refractivity contribution in [3.8, 4) is 16.9 Å². The minimum absolute atomic E-state index is 0.140. The summed E-state index contributed by atoms with van der Waals surface area (Å²) in [5, 5.41) is 5.46. The van der Waals surface area contributed by atoms with Crippen LogP contribution in [-0.4, -0.2) is 33.3 Å². The molecule has 0 saturated carbocycles. The van der Waals surface area contributed by atoms with Crippen molar-refractivity contribution < 1.29 is 22.7 Å². The van der Waals surface area contributed by atoms with Crippen LogP contribution in [0.3, 0.4) is 0 Å². The Morgan fingerprint density at radius 3 is 2.10 bits per heavy atom. The molecule has 0 fully saturated rings. The maximum atomic E-state index is 12.6. The number of ether oxygens (including phenoxy) is 1. The van der Waals surface area contributed by atoms with Gasteiger partial charge in [0.1, 0.15) is 17.3 Å². The molecule has 7 nitrogen and oxygen atoms in total. The lowest BCUT2D eigenvalue weighted by Gasteiger charge is -2.12. The van der Waals surface area contributed by atoms with E-state index in [2.05, 4.69) is 10.6 Å². The summed E-state index contributed by atoms with van der Waals surface area (Å²) >= 11 is 0. The monoisotopic (exact) mass is 552 g/mol. The lowest BCUT2D eigenvalue weighted by atomic mass is 10.0. The van der Waals surface area contributed by atoms with Gasteiger partial charge in [-0.15, -0.1) is 0 Å². The van der Waals surface area contributed by atoms with Crippen LogP contribution < -0.4 is 15.4 Å². The van der Waals surface area contributed by atoms with Gasteiger partial charge in [-0.05, 0) is 53.5 Å². The first-order valence-electron chi connectivity index (χ1n) is 12.9. The fraction of sp³-hybridized carbons (Fsp3) is 0.125. The van der Waals surface area contributed by atoms with Gasteiger partial charge >= 0.3 is 0 Å². The van der Waals surface area contributed by atoms with E-state index in [4.69, 9.17) is 4.74 Å². The SMILES string of the molecule is O=C(NCCCNC(=O)c1ccc(-c2ccccc2OCc2ccccc2)cc1)C1=Cc2ccccc2S1(=O)=O. The standard InChI is InChI=1S/C32H28N2O5S/c35-31(33-19-8-20-34-32(36)30-21-26-11-4-7-14-29(26)40(30,37)38)25-17-15-24(16-18-25)27-12-5-6-13-28(27)39-22-23-9-2-1-3-10-23/h1-7,9-18,21H,8,19-20,22H2,(H,33,35)(H,34,36). The summed E-state index contributed by atoms with van der Waals surface area (Å²) in [4.78, 5) is 25.0. The van der Waals surface area contributed by atoms with Crippen LogP contribution in [0.25, 0.3) is 17.2 Å². The van der Waals surface area contributed by atoms with Crippen molar-refractivity contribution in [2.75, 3.05) is 13.1 Å². The van der Waals surface area contributed by atoms with E-state index < -0.39 is 15.7 Å². The van der Waals surface area contributed by atoms with Crippen molar-refractivity contribution in [1.82, 2.24) is 10.6 Å². The van der Waals surface area contributed by atoms with Crippen LogP contribution in [0.1, 0.15) is 27.9 Å². The third-order valence-electron chi connectivity index (χ3n) is 6.52. The number of benzene rings is 4. The lowest BCUT2D eigenvalue weighted by molar-refractivity contribution is -0.116. The minimum Gasteiger partial charge on any atom is -0.488 e. The zero-order chi connectivity index (χ0) is 28.0. The molecule has 0 radical (unpaired) electrons. The molecule has 0 aliphatic carbocycles. The molecule has 0 aromatic heterocycles. The van der Waals surface area contributed by atoms with Crippen LogP contribution >= 0.6 is 0 Å². The zero-order valence-electron chi connectivity index (χ0n) is 21.7. The number of amides is 2. The van der Waals surface area contributed by atoms with E-state index in [1.54, 1.807) is 30.3 Å². The normalized spacial score (nSPS) is 13.2. The van der Waals surface area contributed by atoms with Gasteiger partial charge in [-0.25, -0.2) is 8.42 Å². The Bertz CT molecular complexity index is 1660. The predicted molar refractivity (Wildman–Crippen MR) is 154 cm³/mol. The Morgan fingerprint density at radius 1 is 0.700 bits per heavy atom. The van der Waals surface area contributed by atoms with Gasteiger partial charge in [-0.1, -0.05) is 78.9 Å². The van der Waals surface area contributed by atoms with E-state index in [-0.39, 0.29) is 22.3 Å². The molecule has 8 heteroatoms. The molecule has 5 rings (SSSR count). The number of rotatable bonds is 10. The van der Waals surface area contributed by atoms with Crippen molar-refractivity contribution in [3.05, 3.63) is 125 Å². The highest BCUT2D eigenvalue weighted by molar-refractivity contribution is 7.96. The van der Waals surface area contributed by atoms with Crippen LogP contribution in [0.15, 0.2) is 113 Å². The molecular weight excluding hydrogens is 524 g/mol. The number of para-hydroxylation sites is 1. The van der Waals surface area contributed by atoms with Gasteiger partial charge in [0.25, 0.3) is 11.8 Å². The first kappa shape index (κ1) is 26.9. The van der Waals surface area contributed by atoms with Crippen LogP contribution in [0, 0.1) is 0 Å². The quantitative estimate of drug-likeness (QED) is 0.270. The van der Waals surface area contributed by atoms with Gasteiger partial charge in [0.2, 0.25) is 9.84 Å². The number of nitrogens with one attached hydrogen (secondary N) is 2. The van der Waals surface area contributed by atoms with E-state index in [0.29, 0.717) is 30.7 Å². The fourth-order valence-corrected chi connectivity index (χ4v) is 5.95. The topological polar surface area (TPSA) is 102 Å². The second-order valence-electron chi connectivity index (χ2n) is 9.26. The van der Waals surface area contributed by atoms with E-state index in [0.717, 1.165) is 22.4 Å². The molecule has 40 heavy (non-hydrogen) atoms. The molecule has 1 aliphatic heterocycles. The summed E-state index contributed by atoms with van der Waals surface area (Å²) in [6.45, 7) is 1.00. The van der Waals surface area contributed by atoms with E-state index in [9.17, 15) is 18.0 Å². The average molecular weight is 553 g/mol. The largest absolute Gasteiger partial charge is 0.488 e. The Kier molecular flexibility index (Phi) is 8.07. The number of carbonyl (C=O) groups is 2. The number of fused-ring (bicyclic) bond motifs is 1. The Morgan fingerprint density at radius 2 is 1.35 bits per heavy atom. The highest BCUT2D eigenvalue weighted by Gasteiger charge is 2.33. The van der Waals surface area contributed by atoms with Crippen LogP contribution in [-0.2, 0) is 21.2 Å². The first-order chi connectivity index (χ1) is 19.4. The number of hydrogen-bond acceptors (Lipinski definition) is 5. The molecule has 0 unspecified atom stereocenters. The zero-order valence-corrected chi connectivity index (χ0v) is 22.5. The van der Waals surface area contributed by atoms with Crippen molar-refractivity contribution in [2.45, 2.75) is 17.9 Å². The molecule has 1 heterocycles. The molecule has 4 aromatic rings. The molecule has 2 N–H and O–H groups in total. The Hall–Kier alpha value is -4.69. The average Bonchev–Trinajstić information content (AvgIpc) is 3.27. The van der Waals surface area contributed by atoms with Crippen LogP contribution in [0.5, 0.6) is 5.75 Å². The molecule has 0 atom stereocenters. The minimum atomic E-state index is -3.81. The second-order valence-corrected chi connectivity index (χ2v) is 11.1. The van der Waals surface area contributed by atoms with Gasteiger partial charge in [0, 0.05) is 24.2 Å². The summed E-state index contributed by atoms with van der Waals surface area (Å²) < 4.78 is 31.2. The molecule has 1 aliphatic rings.